The number of rotatable bonds is 2. The van der Waals surface area contributed by atoms with Gasteiger partial charge in [-0.2, -0.15) is 4.31 Å². The number of piperazine rings is 1. The van der Waals surface area contributed by atoms with Crippen LogP contribution >= 0.6 is 11.6 Å². The van der Waals surface area contributed by atoms with Crippen molar-refractivity contribution in [1.82, 2.24) is 18.8 Å². The zero-order valence-corrected chi connectivity index (χ0v) is 13.1. The molecule has 0 N–H and O–H groups in total. The average molecular weight is 307 g/mol. The van der Waals surface area contributed by atoms with Crippen molar-refractivity contribution in [1.29, 1.82) is 0 Å². The van der Waals surface area contributed by atoms with E-state index in [-0.39, 0.29) is 22.3 Å². The number of hydrogen-bond acceptors (Lipinski definition) is 4. The maximum absolute atomic E-state index is 12.6. The minimum atomic E-state index is -3.62. The standard InChI is InChI=1S/C11H19ClN4O2S/c1-8-5-16(6-9(2)15(8)4)19(17,18)11-10(12)14(3)7-13-11/h7-9H,5-6H2,1-4H3. The molecule has 0 aliphatic carbocycles. The van der Waals surface area contributed by atoms with Crippen molar-refractivity contribution in [3.8, 4) is 0 Å². The topological polar surface area (TPSA) is 58.4 Å². The van der Waals surface area contributed by atoms with E-state index in [1.54, 1.807) is 7.05 Å². The molecule has 108 valence electrons. The van der Waals surface area contributed by atoms with Crippen LogP contribution in [0.25, 0.3) is 0 Å². The number of aromatic nitrogens is 2. The Morgan fingerprint density at radius 2 is 1.79 bits per heavy atom. The summed E-state index contributed by atoms with van der Waals surface area (Å²) in [7, 11) is 0.0588. The van der Waals surface area contributed by atoms with Crippen LogP contribution in [0.1, 0.15) is 13.8 Å². The van der Waals surface area contributed by atoms with E-state index in [0.717, 1.165) is 0 Å². The Kier molecular flexibility index (Phi) is 3.92. The van der Waals surface area contributed by atoms with Crippen molar-refractivity contribution in [3.63, 3.8) is 0 Å². The zero-order valence-electron chi connectivity index (χ0n) is 11.5. The van der Waals surface area contributed by atoms with E-state index in [9.17, 15) is 8.42 Å². The van der Waals surface area contributed by atoms with Crippen molar-refractivity contribution in [2.45, 2.75) is 31.0 Å². The fourth-order valence-corrected chi connectivity index (χ4v) is 4.23. The van der Waals surface area contributed by atoms with Crippen LogP contribution in [-0.2, 0) is 17.1 Å². The molecule has 19 heavy (non-hydrogen) atoms. The van der Waals surface area contributed by atoms with Gasteiger partial charge in [0.2, 0.25) is 5.03 Å². The summed E-state index contributed by atoms with van der Waals surface area (Å²) in [6.45, 7) is 4.93. The van der Waals surface area contributed by atoms with Gasteiger partial charge >= 0.3 is 0 Å². The average Bonchev–Trinajstić information content (AvgIpc) is 2.67. The third-order valence-electron chi connectivity index (χ3n) is 3.74. The fourth-order valence-electron chi connectivity index (χ4n) is 2.24. The van der Waals surface area contributed by atoms with Crippen molar-refractivity contribution in [3.05, 3.63) is 11.5 Å². The van der Waals surface area contributed by atoms with E-state index in [2.05, 4.69) is 9.88 Å². The molecule has 2 heterocycles. The molecule has 0 amide bonds. The molecule has 0 radical (unpaired) electrons. The quantitative estimate of drug-likeness (QED) is 0.810. The summed E-state index contributed by atoms with van der Waals surface area (Å²) < 4.78 is 28.1. The molecule has 1 aromatic heterocycles. The monoisotopic (exact) mass is 306 g/mol. The molecule has 1 aliphatic heterocycles. The van der Waals surface area contributed by atoms with Crippen LogP contribution in [-0.4, -0.2) is 59.4 Å². The third kappa shape index (κ3) is 2.52. The Bertz CT molecular complexity index is 559. The number of likely N-dealkylation sites (N-methyl/N-ethyl adjacent to an activating group) is 1. The lowest BCUT2D eigenvalue weighted by Gasteiger charge is -2.41. The summed E-state index contributed by atoms with van der Waals surface area (Å²) in [5.74, 6) is 0. The van der Waals surface area contributed by atoms with Gasteiger partial charge in [0.1, 0.15) is 5.15 Å². The Labute approximate surface area is 119 Å². The van der Waals surface area contributed by atoms with Gasteiger partial charge in [0.25, 0.3) is 10.0 Å². The summed E-state index contributed by atoms with van der Waals surface area (Å²) in [6.07, 6.45) is 1.41. The van der Waals surface area contributed by atoms with E-state index in [4.69, 9.17) is 11.6 Å². The number of nitrogens with zero attached hydrogens (tertiary/aromatic N) is 4. The van der Waals surface area contributed by atoms with Gasteiger partial charge in [-0.25, -0.2) is 13.4 Å². The minimum Gasteiger partial charge on any atom is -0.324 e. The summed E-state index contributed by atoms with van der Waals surface area (Å²) in [6, 6.07) is 0.335. The first-order chi connectivity index (χ1) is 8.75. The van der Waals surface area contributed by atoms with E-state index < -0.39 is 10.0 Å². The molecule has 1 saturated heterocycles. The second-order valence-electron chi connectivity index (χ2n) is 5.14. The molecule has 0 spiro atoms. The first kappa shape index (κ1) is 14.8. The van der Waals surface area contributed by atoms with E-state index >= 15 is 0 Å². The van der Waals surface area contributed by atoms with Crippen LogP contribution < -0.4 is 0 Å². The van der Waals surface area contributed by atoms with E-state index in [1.807, 2.05) is 20.9 Å². The summed E-state index contributed by atoms with van der Waals surface area (Å²) in [5.41, 5.74) is 0. The molecular formula is C11H19ClN4O2S. The Balaban J connectivity index is 2.33. The molecular weight excluding hydrogens is 288 g/mol. The lowest BCUT2D eigenvalue weighted by molar-refractivity contribution is 0.105. The van der Waals surface area contributed by atoms with Gasteiger partial charge in [-0.05, 0) is 20.9 Å². The maximum Gasteiger partial charge on any atom is 0.263 e. The smallest absolute Gasteiger partial charge is 0.263 e. The zero-order chi connectivity index (χ0) is 14.4. The van der Waals surface area contributed by atoms with Gasteiger partial charge in [-0.3, -0.25) is 4.90 Å². The lowest BCUT2D eigenvalue weighted by atomic mass is 10.1. The van der Waals surface area contributed by atoms with Gasteiger partial charge < -0.3 is 4.57 Å². The largest absolute Gasteiger partial charge is 0.324 e. The SMILES string of the molecule is CC1CN(S(=O)(=O)c2ncn(C)c2Cl)CC(C)N1C. The molecule has 1 aliphatic rings. The number of imidazole rings is 1. The molecule has 0 aromatic carbocycles. The molecule has 0 saturated carbocycles. The van der Waals surface area contributed by atoms with E-state index in [1.165, 1.54) is 15.2 Å². The summed E-state index contributed by atoms with van der Waals surface area (Å²) in [5, 5.41) is 0.0971. The minimum absolute atomic E-state index is 0.0550. The predicted octanol–water partition coefficient (Wildman–Crippen LogP) is 0.787. The lowest BCUT2D eigenvalue weighted by Crippen LogP contribution is -2.56. The van der Waals surface area contributed by atoms with E-state index in [0.29, 0.717) is 13.1 Å². The second kappa shape index (κ2) is 5.05. The Hall–Kier alpha value is -0.630. The number of halogens is 1. The Morgan fingerprint density at radius 3 is 2.21 bits per heavy atom. The van der Waals surface area contributed by atoms with Crippen LogP contribution in [0.2, 0.25) is 5.15 Å². The first-order valence-corrected chi connectivity index (χ1v) is 7.96. The normalized spacial score (nSPS) is 26.8. The van der Waals surface area contributed by atoms with Crippen LogP contribution in [0, 0.1) is 0 Å². The van der Waals surface area contributed by atoms with Gasteiger partial charge in [0.15, 0.2) is 0 Å². The number of sulfonamides is 1. The van der Waals surface area contributed by atoms with Gasteiger partial charge in [-0.15, -0.1) is 0 Å². The molecule has 2 atom stereocenters. The molecule has 8 heteroatoms. The molecule has 2 rings (SSSR count). The predicted molar refractivity (Wildman–Crippen MR) is 73.7 cm³/mol. The first-order valence-electron chi connectivity index (χ1n) is 6.14. The molecule has 0 bridgehead atoms. The second-order valence-corrected chi connectivity index (χ2v) is 7.35. The van der Waals surface area contributed by atoms with Crippen molar-refractivity contribution < 1.29 is 8.42 Å². The van der Waals surface area contributed by atoms with Gasteiger partial charge in [0.05, 0.1) is 6.33 Å². The number of aryl methyl sites for hydroxylation is 1. The summed E-state index contributed by atoms with van der Waals surface area (Å²) in [4.78, 5) is 6.09. The van der Waals surface area contributed by atoms with Crippen LogP contribution in [0.4, 0.5) is 0 Å². The van der Waals surface area contributed by atoms with Crippen LogP contribution in [0.15, 0.2) is 11.4 Å². The van der Waals surface area contributed by atoms with Gasteiger partial charge in [0, 0.05) is 32.2 Å². The van der Waals surface area contributed by atoms with Crippen molar-refractivity contribution >= 4 is 21.6 Å². The van der Waals surface area contributed by atoms with Crippen molar-refractivity contribution in [2.75, 3.05) is 20.1 Å². The van der Waals surface area contributed by atoms with Gasteiger partial charge in [-0.1, -0.05) is 11.6 Å². The highest BCUT2D eigenvalue weighted by Gasteiger charge is 2.36. The molecule has 1 aromatic rings. The fraction of sp³-hybridized carbons (Fsp3) is 0.727. The highest BCUT2D eigenvalue weighted by atomic mass is 35.5. The Morgan fingerprint density at radius 1 is 1.26 bits per heavy atom. The highest BCUT2D eigenvalue weighted by Crippen LogP contribution is 2.25. The third-order valence-corrected chi connectivity index (χ3v) is 6.07. The number of hydrogen-bond donors (Lipinski definition) is 0. The van der Waals surface area contributed by atoms with Crippen molar-refractivity contribution in [2.24, 2.45) is 7.05 Å². The summed E-state index contributed by atoms with van der Waals surface area (Å²) >= 11 is 6.00. The molecule has 1 fully saturated rings. The maximum atomic E-state index is 12.6. The molecule has 6 nitrogen and oxygen atoms in total. The van der Waals surface area contributed by atoms with Crippen LogP contribution in [0.5, 0.6) is 0 Å². The highest BCUT2D eigenvalue weighted by molar-refractivity contribution is 7.89. The van der Waals surface area contributed by atoms with Crippen LogP contribution in [0.3, 0.4) is 0 Å². The molecule has 2 unspecified atom stereocenters.